The van der Waals surface area contributed by atoms with Gasteiger partial charge in [0.15, 0.2) is 0 Å². The first-order valence-electron chi connectivity index (χ1n) is 6.41. The van der Waals surface area contributed by atoms with Crippen molar-refractivity contribution in [2.75, 3.05) is 0 Å². The van der Waals surface area contributed by atoms with Crippen molar-refractivity contribution in [3.63, 3.8) is 0 Å². The van der Waals surface area contributed by atoms with E-state index in [9.17, 15) is 0 Å². The van der Waals surface area contributed by atoms with Gasteiger partial charge in [-0.15, -0.1) is 10.2 Å². The predicted molar refractivity (Wildman–Crippen MR) is 76.3 cm³/mol. The second-order valence-electron chi connectivity index (χ2n) is 4.65. The zero-order valence-corrected chi connectivity index (χ0v) is 12.3. The Morgan fingerprint density at radius 2 is 2.11 bits per heavy atom. The number of hydrogen-bond donors (Lipinski definition) is 1. The Hall–Kier alpha value is -1.33. The molecule has 1 unspecified atom stereocenters. The molecule has 2 aromatic rings. The molecule has 1 atom stereocenters. The summed E-state index contributed by atoms with van der Waals surface area (Å²) in [7, 11) is 0. The summed E-state index contributed by atoms with van der Waals surface area (Å²) in [6, 6.07) is 6.59. The van der Waals surface area contributed by atoms with Crippen LogP contribution in [0, 0.1) is 13.8 Å². The lowest BCUT2D eigenvalue weighted by molar-refractivity contribution is 0.429. The van der Waals surface area contributed by atoms with Crippen LogP contribution in [0.1, 0.15) is 30.4 Å². The van der Waals surface area contributed by atoms with E-state index >= 15 is 0 Å². The van der Waals surface area contributed by atoms with Gasteiger partial charge in [0.2, 0.25) is 5.89 Å². The van der Waals surface area contributed by atoms with Crippen molar-refractivity contribution in [1.82, 2.24) is 10.2 Å². The molecular weight excluding hydrogens is 258 g/mol. The maximum Gasteiger partial charge on any atom is 0.281 e. The first kappa shape index (κ1) is 14.1. The lowest BCUT2D eigenvalue weighted by atomic mass is 10.0. The van der Waals surface area contributed by atoms with Crippen LogP contribution in [0.2, 0.25) is 0 Å². The maximum absolute atomic E-state index is 6.00. The molecule has 0 bridgehead atoms. The zero-order chi connectivity index (χ0) is 13.8. The summed E-state index contributed by atoms with van der Waals surface area (Å²) < 4.78 is 5.36. The molecule has 2 N–H and O–H groups in total. The Bertz CT molecular complexity index is 553. The molecule has 0 spiro atoms. The van der Waals surface area contributed by atoms with E-state index in [0.717, 1.165) is 17.7 Å². The molecule has 1 aromatic heterocycles. The Morgan fingerprint density at radius 3 is 2.68 bits per heavy atom. The Labute approximate surface area is 117 Å². The molecule has 102 valence electrons. The normalized spacial score (nSPS) is 12.6. The molecule has 0 amide bonds. The molecule has 0 fully saturated rings. The van der Waals surface area contributed by atoms with Gasteiger partial charge in [-0.2, -0.15) is 0 Å². The predicted octanol–water partition coefficient (Wildman–Crippen LogP) is 3.12. The van der Waals surface area contributed by atoms with Gasteiger partial charge in [0, 0.05) is 17.9 Å². The molecule has 4 nitrogen and oxygen atoms in total. The van der Waals surface area contributed by atoms with Gasteiger partial charge in [-0.1, -0.05) is 13.0 Å². The van der Waals surface area contributed by atoms with E-state index in [1.165, 1.54) is 22.9 Å². The highest BCUT2D eigenvalue weighted by molar-refractivity contribution is 7.99. The fourth-order valence-corrected chi connectivity index (χ4v) is 2.63. The van der Waals surface area contributed by atoms with Crippen molar-refractivity contribution >= 4 is 11.8 Å². The van der Waals surface area contributed by atoms with Crippen LogP contribution in [0.3, 0.4) is 0 Å². The van der Waals surface area contributed by atoms with Gasteiger partial charge in [-0.05, 0) is 54.8 Å². The number of aromatic nitrogens is 2. The minimum Gasteiger partial charge on any atom is -0.416 e. The lowest BCUT2D eigenvalue weighted by Crippen LogP contribution is -2.21. The van der Waals surface area contributed by atoms with E-state index in [1.807, 2.05) is 0 Å². The number of hydrogen-bond acceptors (Lipinski definition) is 5. The molecule has 1 aromatic carbocycles. The molecule has 5 heteroatoms. The fourth-order valence-electron chi connectivity index (χ4n) is 1.81. The van der Waals surface area contributed by atoms with Crippen LogP contribution in [-0.4, -0.2) is 16.2 Å². The van der Waals surface area contributed by atoms with Crippen LogP contribution in [0.4, 0.5) is 0 Å². The van der Waals surface area contributed by atoms with Crippen LogP contribution in [0.25, 0.3) is 0 Å². The minimum atomic E-state index is 0.232. The van der Waals surface area contributed by atoms with Gasteiger partial charge >= 0.3 is 0 Å². The third-order valence-corrected chi connectivity index (χ3v) is 3.86. The van der Waals surface area contributed by atoms with Crippen molar-refractivity contribution in [2.45, 2.75) is 49.8 Å². The van der Waals surface area contributed by atoms with Crippen LogP contribution in [0.5, 0.6) is 0 Å². The van der Waals surface area contributed by atoms with E-state index in [4.69, 9.17) is 10.2 Å². The Kier molecular flexibility index (Phi) is 4.61. The topological polar surface area (TPSA) is 64.9 Å². The second-order valence-corrected chi connectivity index (χ2v) is 5.67. The Balaban J connectivity index is 2.10. The SMILES string of the molecule is CCC(N)Cc1ccc(Sc2nnc(C)o2)cc1C. The molecule has 19 heavy (non-hydrogen) atoms. The van der Waals surface area contributed by atoms with Crippen LogP contribution in [0.15, 0.2) is 32.7 Å². The number of rotatable bonds is 5. The molecule has 0 aliphatic heterocycles. The number of nitrogens with two attached hydrogens (primary N) is 1. The lowest BCUT2D eigenvalue weighted by Gasteiger charge is -2.12. The summed E-state index contributed by atoms with van der Waals surface area (Å²) in [4.78, 5) is 1.11. The smallest absolute Gasteiger partial charge is 0.281 e. The zero-order valence-electron chi connectivity index (χ0n) is 11.5. The van der Waals surface area contributed by atoms with E-state index in [2.05, 4.69) is 42.2 Å². The molecular formula is C14H19N3OS. The van der Waals surface area contributed by atoms with E-state index in [-0.39, 0.29) is 6.04 Å². The molecule has 0 aliphatic carbocycles. The first-order chi connectivity index (χ1) is 9.08. The largest absolute Gasteiger partial charge is 0.416 e. The number of benzene rings is 1. The van der Waals surface area contributed by atoms with E-state index in [1.54, 1.807) is 6.92 Å². The number of nitrogens with zero attached hydrogens (tertiary/aromatic N) is 2. The summed E-state index contributed by atoms with van der Waals surface area (Å²) in [6.45, 7) is 6.01. The molecule has 0 saturated carbocycles. The van der Waals surface area contributed by atoms with Crippen LogP contribution < -0.4 is 5.73 Å². The second kappa shape index (κ2) is 6.21. The minimum absolute atomic E-state index is 0.232. The summed E-state index contributed by atoms with van der Waals surface area (Å²) in [5.41, 5.74) is 8.56. The first-order valence-corrected chi connectivity index (χ1v) is 7.23. The van der Waals surface area contributed by atoms with Gasteiger partial charge in [0.1, 0.15) is 0 Å². The quantitative estimate of drug-likeness (QED) is 0.909. The molecule has 0 radical (unpaired) electrons. The average molecular weight is 277 g/mol. The van der Waals surface area contributed by atoms with Crippen molar-refractivity contribution in [2.24, 2.45) is 5.73 Å². The standard InChI is InChI=1S/C14H19N3OS/c1-4-12(15)8-11-5-6-13(7-9(11)2)19-14-17-16-10(3)18-14/h5-7,12H,4,8,15H2,1-3H3. The van der Waals surface area contributed by atoms with E-state index < -0.39 is 0 Å². The maximum atomic E-state index is 6.00. The van der Waals surface area contributed by atoms with Crippen molar-refractivity contribution in [3.8, 4) is 0 Å². The monoisotopic (exact) mass is 277 g/mol. The van der Waals surface area contributed by atoms with Crippen LogP contribution >= 0.6 is 11.8 Å². The highest BCUT2D eigenvalue weighted by atomic mass is 32.2. The summed E-state index contributed by atoms with van der Waals surface area (Å²) >= 11 is 1.48. The number of aryl methyl sites for hydroxylation is 2. The third kappa shape index (κ3) is 3.81. The third-order valence-electron chi connectivity index (χ3n) is 3.03. The van der Waals surface area contributed by atoms with Crippen molar-refractivity contribution in [1.29, 1.82) is 0 Å². The van der Waals surface area contributed by atoms with Crippen molar-refractivity contribution in [3.05, 3.63) is 35.2 Å². The molecule has 2 rings (SSSR count). The van der Waals surface area contributed by atoms with E-state index in [0.29, 0.717) is 11.1 Å². The summed E-state index contributed by atoms with van der Waals surface area (Å²) in [5.74, 6) is 0.588. The van der Waals surface area contributed by atoms with Gasteiger partial charge in [0.05, 0.1) is 0 Å². The highest BCUT2D eigenvalue weighted by Crippen LogP contribution is 2.28. The van der Waals surface area contributed by atoms with Gasteiger partial charge in [0.25, 0.3) is 5.22 Å². The van der Waals surface area contributed by atoms with Gasteiger partial charge in [-0.3, -0.25) is 0 Å². The van der Waals surface area contributed by atoms with Gasteiger partial charge < -0.3 is 10.2 Å². The summed E-state index contributed by atoms with van der Waals surface area (Å²) in [6.07, 6.45) is 1.92. The van der Waals surface area contributed by atoms with Gasteiger partial charge in [-0.25, -0.2) is 0 Å². The molecule has 1 heterocycles. The van der Waals surface area contributed by atoms with Crippen LogP contribution in [-0.2, 0) is 6.42 Å². The van der Waals surface area contributed by atoms with Crippen molar-refractivity contribution < 1.29 is 4.42 Å². The highest BCUT2D eigenvalue weighted by Gasteiger charge is 2.08. The average Bonchev–Trinajstić information content (AvgIpc) is 2.78. The summed E-state index contributed by atoms with van der Waals surface area (Å²) in [5, 5.41) is 8.38. The fraction of sp³-hybridized carbons (Fsp3) is 0.429. The molecule has 0 aliphatic rings. The molecule has 0 saturated heterocycles. The Morgan fingerprint density at radius 1 is 1.32 bits per heavy atom.